The Morgan fingerprint density at radius 1 is 1.10 bits per heavy atom. The molecule has 0 amide bonds. The molecule has 0 saturated carbocycles. The highest BCUT2D eigenvalue weighted by atomic mass is 32.1. The molecule has 0 atom stereocenters. The van der Waals surface area contributed by atoms with E-state index in [9.17, 15) is 0 Å². The maximum absolute atomic E-state index is 6.03. The van der Waals surface area contributed by atoms with Gasteiger partial charge in [0.1, 0.15) is 10.8 Å². The number of benzene rings is 1. The van der Waals surface area contributed by atoms with Gasteiger partial charge in [0, 0.05) is 23.5 Å². The first-order valence-corrected chi connectivity index (χ1v) is 7.23. The average Bonchev–Trinajstić information content (AvgIpc) is 3.17. The minimum atomic E-state index is 0.487. The van der Waals surface area contributed by atoms with Crippen molar-refractivity contribution < 1.29 is 0 Å². The van der Waals surface area contributed by atoms with Crippen molar-refractivity contribution in [3.8, 4) is 21.7 Å². The lowest BCUT2D eigenvalue weighted by molar-refractivity contribution is 1.09. The number of aromatic amines is 1. The molecule has 0 spiro atoms. The Bertz CT molecular complexity index is 878. The number of nitrogen functional groups attached to an aromatic ring is 1. The van der Waals surface area contributed by atoms with Gasteiger partial charge in [0.25, 0.3) is 0 Å². The van der Waals surface area contributed by atoms with Crippen molar-refractivity contribution in [1.82, 2.24) is 20.2 Å². The van der Waals surface area contributed by atoms with Crippen molar-refractivity contribution in [2.45, 2.75) is 0 Å². The number of hydrogen-bond donors (Lipinski definition) is 2. The van der Waals surface area contributed by atoms with Gasteiger partial charge in [-0.3, -0.25) is 5.10 Å². The Labute approximate surface area is 124 Å². The van der Waals surface area contributed by atoms with Crippen LogP contribution in [0.3, 0.4) is 0 Å². The molecule has 0 radical (unpaired) electrons. The number of fused-ring (bicyclic) bond motifs is 1. The third-order valence-electron chi connectivity index (χ3n) is 3.27. The smallest absolute Gasteiger partial charge is 0.133 e. The van der Waals surface area contributed by atoms with E-state index in [0.29, 0.717) is 5.82 Å². The zero-order chi connectivity index (χ0) is 14.2. The Morgan fingerprint density at radius 3 is 2.81 bits per heavy atom. The third-order valence-corrected chi connectivity index (χ3v) is 4.34. The van der Waals surface area contributed by atoms with Gasteiger partial charge in [0.15, 0.2) is 0 Å². The quantitative estimate of drug-likeness (QED) is 0.594. The first kappa shape index (κ1) is 12.0. The SMILES string of the molecule is Nc1ncc(-c2cn[nH]c2)cc1-c1nc2ccccc2s1. The Balaban J connectivity index is 1.89. The second kappa shape index (κ2) is 4.68. The van der Waals surface area contributed by atoms with Gasteiger partial charge in [-0.2, -0.15) is 5.10 Å². The molecule has 3 aromatic heterocycles. The molecule has 0 saturated heterocycles. The molecule has 21 heavy (non-hydrogen) atoms. The van der Waals surface area contributed by atoms with E-state index in [-0.39, 0.29) is 0 Å². The summed E-state index contributed by atoms with van der Waals surface area (Å²) in [5.74, 6) is 0.487. The highest BCUT2D eigenvalue weighted by molar-refractivity contribution is 7.21. The fourth-order valence-corrected chi connectivity index (χ4v) is 3.19. The van der Waals surface area contributed by atoms with Crippen LogP contribution in [0.15, 0.2) is 48.9 Å². The molecule has 0 fully saturated rings. The van der Waals surface area contributed by atoms with Crippen LogP contribution < -0.4 is 5.73 Å². The first-order chi connectivity index (χ1) is 10.3. The number of rotatable bonds is 2. The highest BCUT2D eigenvalue weighted by Gasteiger charge is 2.12. The van der Waals surface area contributed by atoms with Crippen LogP contribution >= 0.6 is 11.3 Å². The molecule has 6 heteroatoms. The van der Waals surface area contributed by atoms with Crippen molar-refractivity contribution in [1.29, 1.82) is 0 Å². The number of nitrogens with zero attached hydrogens (tertiary/aromatic N) is 3. The number of pyridine rings is 1. The molecular weight excluding hydrogens is 282 g/mol. The van der Waals surface area contributed by atoms with Crippen LogP contribution in [-0.4, -0.2) is 20.2 Å². The van der Waals surface area contributed by atoms with Crippen molar-refractivity contribution >= 4 is 27.4 Å². The number of H-pyrrole nitrogens is 1. The van der Waals surface area contributed by atoms with Gasteiger partial charge < -0.3 is 5.73 Å². The molecule has 0 unspecified atom stereocenters. The lowest BCUT2D eigenvalue weighted by Crippen LogP contribution is -1.94. The van der Waals surface area contributed by atoms with E-state index in [1.807, 2.05) is 30.5 Å². The summed E-state index contributed by atoms with van der Waals surface area (Å²) in [6.45, 7) is 0. The van der Waals surface area contributed by atoms with Gasteiger partial charge in [0.05, 0.1) is 22.0 Å². The Morgan fingerprint density at radius 2 is 2.00 bits per heavy atom. The fourth-order valence-electron chi connectivity index (χ4n) is 2.20. The number of nitrogens with two attached hydrogens (primary N) is 1. The van der Waals surface area contributed by atoms with Crippen molar-refractivity contribution in [3.63, 3.8) is 0 Å². The Kier molecular flexibility index (Phi) is 2.68. The predicted molar refractivity (Wildman–Crippen MR) is 84.8 cm³/mol. The largest absolute Gasteiger partial charge is 0.383 e. The number of thiazole rings is 1. The molecule has 0 aliphatic rings. The average molecular weight is 293 g/mol. The van der Waals surface area contributed by atoms with Gasteiger partial charge in [-0.1, -0.05) is 12.1 Å². The summed E-state index contributed by atoms with van der Waals surface area (Å²) in [7, 11) is 0. The van der Waals surface area contributed by atoms with E-state index < -0.39 is 0 Å². The van der Waals surface area contributed by atoms with E-state index in [1.54, 1.807) is 23.7 Å². The molecule has 1 aromatic carbocycles. The molecule has 4 rings (SSSR count). The van der Waals surface area contributed by atoms with E-state index >= 15 is 0 Å². The maximum atomic E-state index is 6.03. The van der Waals surface area contributed by atoms with E-state index in [1.165, 1.54) is 0 Å². The zero-order valence-electron chi connectivity index (χ0n) is 10.9. The van der Waals surface area contributed by atoms with E-state index in [2.05, 4.69) is 26.2 Å². The number of hydrogen-bond acceptors (Lipinski definition) is 5. The normalized spacial score (nSPS) is 11.0. The second-order valence-corrected chi connectivity index (χ2v) is 5.66. The molecule has 0 aliphatic carbocycles. The standard InChI is InChI=1S/C15H11N5S/c16-14-11(5-9(6-17-14)10-7-18-19-8-10)15-20-12-3-1-2-4-13(12)21-15/h1-8H,(H2,16,17)(H,18,19). The van der Waals surface area contributed by atoms with Crippen molar-refractivity contribution in [2.75, 3.05) is 5.73 Å². The highest BCUT2D eigenvalue weighted by Crippen LogP contribution is 2.34. The van der Waals surface area contributed by atoms with Gasteiger partial charge in [-0.25, -0.2) is 9.97 Å². The number of aromatic nitrogens is 4. The Hall–Kier alpha value is -2.73. The van der Waals surface area contributed by atoms with Crippen LogP contribution in [0.25, 0.3) is 31.9 Å². The van der Waals surface area contributed by atoms with Gasteiger partial charge in [0.2, 0.25) is 0 Å². The topological polar surface area (TPSA) is 80.5 Å². The lowest BCUT2D eigenvalue weighted by atomic mass is 10.1. The van der Waals surface area contributed by atoms with Crippen LogP contribution in [0.5, 0.6) is 0 Å². The van der Waals surface area contributed by atoms with Crippen LogP contribution in [0.4, 0.5) is 5.82 Å². The third kappa shape index (κ3) is 2.05. The van der Waals surface area contributed by atoms with E-state index in [0.717, 1.165) is 31.9 Å². The molecule has 0 aliphatic heterocycles. The van der Waals surface area contributed by atoms with Crippen LogP contribution in [-0.2, 0) is 0 Å². The number of anilines is 1. The van der Waals surface area contributed by atoms with Gasteiger partial charge in [-0.15, -0.1) is 11.3 Å². The van der Waals surface area contributed by atoms with Gasteiger partial charge in [-0.05, 0) is 18.2 Å². The summed E-state index contributed by atoms with van der Waals surface area (Å²) in [6, 6.07) is 10.0. The molecule has 0 bridgehead atoms. The lowest BCUT2D eigenvalue weighted by Gasteiger charge is -2.03. The van der Waals surface area contributed by atoms with Crippen LogP contribution in [0, 0.1) is 0 Å². The minimum Gasteiger partial charge on any atom is -0.383 e. The summed E-state index contributed by atoms with van der Waals surface area (Å²) in [6.07, 6.45) is 5.33. The number of para-hydroxylation sites is 1. The van der Waals surface area contributed by atoms with E-state index in [4.69, 9.17) is 5.73 Å². The fraction of sp³-hybridized carbons (Fsp3) is 0. The summed E-state index contributed by atoms with van der Waals surface area (Å²) >= 11 is 1.62. The zero-order valence-corrected chi connectivity index (χ0v) is 11.8. The molecule has 3 heterocycles. The second-order valence-electron chi connectivity index (χ2n) is 4.63. The van der Waals surface area contributed by atoms with Crippen molar-refractivity contribution in [2.24, 2.45) is 0 Å². The van der Waals surface area contributed by atoms with Gasteiger partial charge >= 0.3 is 0 Å². The summed E-state index contributed by atoms with van der Waals surface area (Å²) < 4.78 is 1.14. The monoisotopic (exact) mass is 293 g/mol. The predicted octanol–water partition coefficient (Wildman–Crippen LogP) is 3.33. The summed E-state index contributed by atoms with van der Waals surface area (Å²) in [5.41, 5.74) is 9.80. The molecule has 5 nitrogen and oxygen atoms in total. The summed E-state index contributed by atoms with van der Waals surface area (Å²) in [4.78, 5) is 8.93. The summed E-state index contributed by atoms with van der Waals surface area (Å²) in [5, 5.41) is 7.64. The van der Waals surface area contributed by atoms with Crippen molar-refractivity contribution in [3.05, 3.63) is 48.9 Å². The molecule has 3 N–H and O–H groups in total. The first-order valence-electron chi connectivity index (χ1n) is 6.42. The minimum absolute atomic E-state index is 0.487. The number of nitrogens with one attached hydrogen (secondary N) is 1. The molecule has 102 valence electrons. The maximum Gasteiger partial charge on any atom is 0.133 e. The van der Waals surface area contributed by atoms with Crippen LogP contribution in [0.2, 0.25) is 0 Å². The molecular formula is C15H11N5S. The van der Waals surface area contributed by atoms with Crippen LogP contribution in [0.1, 0.15) is 0 Å². The molecule has 4 aromatic rings.